The third kappa shape index (κ3) is 4.93. The van der Waals surface area contributed by atoms with Gasteiger partial charge in [-0.15, -0.1) is 0 Å². The summed E-state index contributed by atoms with van der Waals surface area (Å²) in [4.78, 5) is 56.0. The quantitative estimate of drug-likeness (QED) is 0.241. The monoisotopic (exact) mass is 759 g/mol. The second-order valence-corrected chi connectivity index (χ2v) is 16.0. The minimum Gasteiger partial charge on any atom is -0.497 e. The summed E-state index contributed by atoms with van der Waals surface area (Å²) in [5, 5.41) is 13.2. The van der Waals surface area contributed by atoms with Gasteiger partial charge in [-0.2, -0.15) is 0 Å². The zero-order valence-corrected chi connectivity index (χ0v) is 32.4. The van der Waals surface area contributed by atoms with Crippen LogP contribution >= 0.6 is 0 Å². The maximum absolute atomic E-state index is 14.2. The highest BCUT2D eigenvalue weighted by Crippen LogP contribution is 2.81. The van der Waals surface area contributed by atoms with Crippen LogP contribution in [0, 0.1) is 34.5 Å². The number of benzene rings is 1. The van der Waals surface area contributed by atoms with E-state index in [1.165, 1.54) is 35.0 Å². The molecule has 0 amide bonds. The average Bonchev–Trinajstić information content (AvgIpc) is 3.50. The first-order valence-corrected chi connectivity index (χ1v) is 18.6. The van der Waals surface area contributed by atoms with Gasteiger partial charge in [-0.25, -0.2) is 4.79 Å². The second-order valence-electron chi connectivity index (χ2n) is 16.0. The van der Waals surface area contributed by atoms with E-state index in [1.807, 2.05) is 6.92 Å². The molecule has 1 saturated heterocycles. The molecule has 0 aromatic heterocycles. The summed E-state index contributed by atoms with van der Waals surface area (Å²) >= 11 is 0. The zero-order valence-electron chi connectivity index (χ0n) is 32.4. The van der Waals surface area contributed by atoms with E-state index in [1.54, 1.807) is 45.6 Å². The van der Waals surface area contributed by atoms with Crippen LogP contribution in [0.5, 0.6) is 5.75 Å². The van der Waals surface area contributed by atoms with Crippen LogP contribution < -0.4 is 4.74 Å². The van der Waals surface area contributed by atoms with Crippen molar-refractivity contribution in [2.75, 3.05) is 55.2 Å². The van der Waals surface area contributed by atoms with Crippen molar-refractivity contribution in [2.24, 2.45) is 34.5 Å². The summed E-state index contributed by atoms with van der Waals surface area (Å²) < 4.78 is 56.1. The molecule has 5 saturated carbocycles. The highest BCUT2D eigenvalue weighted by molar-refractivity contribution is 5.89. The Morgan fingerprint density at radius 1 is 0.815 bits per heavy atom. The number of nitrogens with zero attached hydrogens (tertiary/aromatic N) is 1. The normalized spacial score (nSPS) is 43.9. The molecule has 0 radical (unpaired) electrons. The first-order chi connectivity index (χ1) is 25.7. The molecular formula is C39H53NO14. The van der Waals surface area contributed by atoms with Crippen LogP contribution in [0.1, 0.15) is 50.9 Å². The standard InChI is InChI=1S/C39H53NO14/c1-10-40-17-36(18-46-5)25(51-19(2)41)15-26(48-7)38-24-16-37(45)32(53-35(44)22-11-13-23(47-6)14-12-22)27(24)39(54-21(4)43,34(33(37)50-9)52-20(3)42)28(31(38)40)29(49-8)30(36)38/h11-14,24-34,45H,10,15-18H2,1-9H3/t24-,25-,26+,27-,28+,29+,30-,31?,32-,33+,34+,36+,37-,38+,39-/m1/s1. The van der Waals surface area contributed by atoms with Crippen molar-refractivity contribution in [3.8, 4) is 5.75 Å². The third-order valence-corrected chi connectivity index (χ3v) is 14.0. The number of likely N-dealkylation sites (tertiary alicyclic amines) is 1. The minimum atomic E-state index is -1.93. The van der Waals surface area contributed by atoms with Gasteiger partial charge in [0, 0.05) is 96.8 Å². The van der Waals surface area contributed by atoms with E-state index in [0.717, 1.165) is 0 Å². The molecule has 6 fully saturated rings. The van der Waals surface area contributed by atoms with Crippen LogP contribution in [-0.4, -0.2) is 143 Å². The predicted molar refractivity (Wildman–Crippen MR) is 186 cm³/mol. The maximum atomic E-state index is 14.2. The molecule has 1 aromatic carbocycles. The molecule has 1 aliphatic heterocycles. The number of ether oxygens (including phenoxy) is 9. The summed E-state index contributed by atoms with van der Waals surface area (Å²) in [6.07, 6.45) is -5.59. The molecule has 6 aliphatic rings. The number of hydrogen-bond donors (Lipinski definition) is 1. The van der Waals surface area contributed by atoms with Gasteiger partial charge in [0.2, 0.25) is 0 Å². The molecule has 1 N–H and O–H groups in total. The number of rotatable bonds is 12. The van der Waals surface area contributed by atoms with Gasteiger partial charge < -0.3 is 47.7 Å². The molecular weight excluding hydrogens is 706 g/mol. The summed E-state index contributed by atoms with van der Waals surface area (Å²) in [5.41, 5.74) is -5.21. The molecule has 54 heavy (non-hydrogen) atoms. The SMILES string of the molecule is CCN1C[C@@]2(COC)[C@H]3[C@@H](OC)[C@H]4C1[C@]3([C@@H](OC)C[C@H]2OC(C)=O)[C@@H]1C[C@@]2(O)[C@H](OC(=O)c3ccc(OC)cc3)[C@@H]1[C@]4(OC(C)=O)[C@@H](OC(C)=O)[C@@H]2OC. The molecule has 15 atom stereocenters. The minimum absolute atomic E-state index is 0.00632. The Hall–Kier alpha value is -3.34. The van der Waals surface area contributed by atoms with Gasteiger partial charge >= 0.3 is 23.9 Å². The molecule has 15 heteroatoms. The Morgan fingerprint density at radius 2 is 1.50 bits per heavy atom. The van der Waals surface area contributed by atoms with Crippen LogP contribution in [-0.2, 0) is 52.3 Å². The lowest BCUT2D eigenvalue weighted by Crippen LogP contribution is -2.82. The van der Waals surface area contributed by atoms with E-state index in [4.69, 9.17) is 42.6 Å². The van der Waals surface area contributed by atoms with E-state index >= 15 is 0 Å². The summed E-state index contributed by atoms with van der Waals surface area (Å²) in [7, 11) is 7.74. The largest absolute Gasteiger partial charge is 0.497 e. The number of carbonyl (C=O) groups is 4. The lowest BCUT2D eigenvalue weighted by Gasteiger charge is -2.70. The Kier molecular flexibility index (Phi) is 9.87. The smallest absolute Gasteiger partial charge is 0.338 e. The first-order valence-electron chi connectivity index (χ1n) is 18.6. The van der Waals surface area contributed by atoms with Crippen LogP contribution in [0.2, 0.25) is 0 Å². The van der Waals surface area contributed by atoms with Gasteiger partial charge in [0.05, 0.1) is 31.5 Å². The summed E-state index contributed by atoms with van der Waals surface area (Å²) in [6, 6.07) is 5.97. The molecule has 5 aliphatic carbocycles. The Labute approximate surface area is 315 Å². The van der Waals surface area contributed by atoms with Gasteiger partial charge in [-0.3, -0.25) is 19.3 Å². The fourth-order valence-electron chi connectivity index (χ4n) is 13.1. The summed E-state index contributed by atoms with van der Waals surface area (Å²) in [5.74, 6) is -4.72. The van der Waals surface area contributed by atoms with Crippen molar-refractivity contribution in [2.45, 2.75) is 94.4 Å². The van der Waals surface area contributed by atoms with Crippen molar-refractivity contribution in [1.29, 1.82) is 0 Å². The Morgan fingerprint density at radius 3 is 2.04 bits per heavy atom. The van der Waals surface area contributed by atoms with Crippen LogP contribution in [0.25, 0.3) is 0 Å². The van der Waals surface area contributed by atoms with Gasteiger partial charge in [-0.05, 0) is 43.1 Å². The Bertz CT molecular complexity index is 1660. The number of methoxy groups -OCH3 is 5. The van der Waals surface area contributed by atoms with Crippen molar-refractivity contribution in [1.82, 2.24) is 4.90 Å². The van der Waals surface area contributed by atoms with Gasteiger partial charge in [0.1, 0.15) is 29.7 Å². The summed E-state index contributed by atoms with van der Waals surface area (Å²) in [6.45, 7) is 7.11. The molecule has 15 nitrogen and oxygen atoms in total. The van der Waals surface area contributed by atoms with E-state index in [9.17, 15) is 24.3 Å². The molecule has 1 spiro atoms. The maximum Gasteiger partial charge on any atom is 0.338 e. The van der Waals surface area contributed by atoms with Crippen molar-refractivity contribution in [3.63, 3.8) is 0 Å². The van der Waals surface area contributed by atoms with Crippen molar-refractivity contribution < 1.29 is 66.9 Å². The molecule has 1 heterocycles. The van der Waals surface area contributed by atoms with Crippen LogP contribution in [0.3, 0.4) is 0 Å². The lowest BCUT2D eigenvalue weighted by molar-refractivity contribution is -0.324. The van der Waals surface area contributed by atoms with E-state index in [2.05, 4.69) is 4.90 Å². The highest BCUT2D eigenvalue weighted by Gasteiger charge is 2.93. The van der Waals surface area contributed by atoms with Gasteiger partial charge in [0.25, 0.3) is 0 Å². The van der Waals surface area contributed by atoms with Crippen molar-refractivity contribution in [3.05, 3.63) is 29.8 Å². The van der Waals surface area contributed by atoms with Crippen molar-refractivity contribution >= 4 is 23.9 Å². The first kappa shape index (κ1) is 38.9. The molecule has 7 rings (SSSR count). The Balaban J connectivity index is 1.54. The number of fused-ring (bicyclic) bond motifs is 2. The molecule has 1 aromatic rings. The van der Waals surface area contributed by atoms with E-state index < -0.39 is 112 Å². The van der Waals surface area contributed by atoms with E-state index in [-0.39, 0.29) is 18.6 Å². The third-order valence-electron chi connectivity index (χ3n) is 14.0. The number of aliphatic hydroxyl groups is 1. The topological polar surface area (TPSA) is 175 Å². The number of esters is 4. The number of hydrogen-bond acceptors (Lipinski definition) is 15. The van der Waals surface area contributed by atoms with Gasteiger partial charge in [-0.1, -0.05) is 6.92 Å². The van der Waals surface area contributed by atoms with Gasteiger partial charge in [0.15, 0.2) is 11.7 Å². The number of carbonyl (C=O) groups excluding carboxylic acids is 4. The van der Waals surface area contributed by atoms with Crippen LogP contribution in [0.15, 0.2) is 24.3 Å². The average molecular weight is 760 g/mol. The second kappa shape index (κ2) is 13.7. The zero-order chi connectivity index (χ0) is 39.1. The fraction of sp³-hybridized carbons (Fsp3) is 0.744. The molecule has 298 valence electrons. The fourth-order valence-corrected chi connectivity index (χ4v) is 13.1. The molecule has 1 unspecified atom stereocenters. The number of piperidine rings is 1. The molecule has 7 bridgehead atoms. The predicted octanol–water partition coefficient (Wildman–Crippen LogP) is 1.80. The lowest BCUT2D eigenvalue weighted by atomic mass is 9.42. The van der Waals surface area contributed by atoms with E-state index in [0.29, 0.717) is 25.3 Å². The van der Waals surface area contributed by atoms with Crippen LogP contribution in [0.4, 0.5) is 0 Å². The highest BCUT2D eigenvalue weighted by atomic mass is 16.6.